The summed E-state index contributed by atoms with van der Waals surface area (Å²) in [6.45, 7) is 2.39. The van der Waals surface area contributed by atoms with Gasteiger partial charge in [0.1, 0.15) is 6.26 Å². The molecule has 0 bridgehead atoms. The molecule has 2 heterocycles. The second-order valence-corrected chi connectivity index (χ2v) is 6.22. The number of carbonyl (C=O) groups is 1. The van der Waals surface area contributed by atoms with Gasteiger partial charge in [-0.15, -0.1) is 0 Å². The van der Waals surface area contributed by atoms with Crippen molar-refractivity contribution in [1.29, 1.82) is 0 Å². The van der Waals surface area contributed by atoms with Gasteiger partial charge in [-0.3, -0.25) is 4.79 Å². The number of nitrogens with one attached hydrogen (secondary N) is 2. The first kappa shape index (κ1) is 15.2. The molecule has 1 aromatic carbocycles. The molecule has 116 valence electrons. The molecule has 0 spiro atoms. The van der Waals surface area contributed by atoms with Crippen LogP contribution in [0.25, 0.3) is 0 Å². The zero-order chi connectivity index (χ0) is 15.4. The molecule has 3 rings (SSSR count). The van der Waals surface area contributed by atoms with E-state index in [0.717, 1.165) is 36.0 Å². The third-order valence-corrected chi connectivity index (χ3v) is 4.61. The molecule has 1 saturated heterocycles. The number of oxazole rings is 1. The quantitative estimate of drug-likeness (QED) is 0.876. The maximum absolute atomic E-state index is 12.2. The smallest absolute Gasteiger partial charge is 0.273 e. The van der Waals surface area contributed by atoms with Crippen molar-refractivity contribution in [3.63, 3.8) is 0 Å². The van der Waals surface area contributed by atoms with E-state index in [-0.39, 0.29) is 5.91 Å². The van der Waals surface area contributed by atoms with Gasteiger partial charge in [0.15, 0.2) is 11.6 Å². The molecule has 0 radical (unpaired) electrons. The first-order chi connectivity index (χ1) is 10.7. The number of aromatic nitrogens is 1. The fourth-order valence-electron chi connectivity index (χ4n) is 2.56. The predicted molar refractivity (Wildman–Crippen MR) is 86.7 cm³/mol. The second-order valence-electron chi connectivity index (χ2n) is 5.37. The van der Waals surface area contributed by atoms with E-state index in [2.05, 4.69) is 31.5 Å². The van der Waals surface area contributed by atoms with E-state index in [1.807, 2.05) is 24.3 Å². The number of hydrogen-bond acceptors (Lipinski definition) is 4. The Morgan fingerprint density at radius 2 is 2.14 bits per heavy atom. The van der Waals surface area contributed by atoms with Crippen molar-refractivity contribution in [2.24, 2.45) is 0 Å². The summed E-state index contributed by atoms with van der Waals surface area (Å²) in [5.41, 5.74) is 1.37. The third kappa shape index (κ3) is 3.56. The fraction of sp³-hybridized carbons (Fsp3) is 0.375. The molecule has 2 aromatic rings. The highest BCUT2D eigenvalue weighted by atomic mass is 79.9. The van der Waals surface area contributed by atoms with Crippen LogP contribution in [0.5, 0.6) is 0 Å². The Hall–Kier alpha value is -1.66. The average Bonchev–Trinajstić information content (AvgIpc) is 3.05. The topological polar surface area (TPSA) is 67.2 Å². The van der Waals surface area contributed by atoms with E-state index in [1.165, 1.54) is 6.26 Å². The lowest BCUT2D eigenvalue weighted by atomic mass is 9.98. The Morgan fingerprint density at radius 3 is 2.91 bits per heavy atom. The number of carbonyl (C=O) groups excluding carboxylic acids is 1. The van der Waals surface area contributed by atoms with Crippen LogP contribution in [0.15, 0.2) is 39.4 Å². The number of benzene rings is 1. The van der Waals surface area contributed by atoms with Gasteiger partial charge in [0.25, 0.3) is 5.91 Å². The molecule has 1 aliphatic heterocycles. The summed E-state index contributed by atoms with van der Waals surface area (Å²) < 4.78 is 6.47. The Bertz CT molecular complexity index is 650. The highest BCUT2D eigenvalue weighted by Crippen LogP contribution is 2.24. The summed E-state index contributed by atoms with van der Waals surface area (Å²) in [6, 6.07) is 7.80. The highest BCUT2D eigenvalue weighted by Gasteiger charge is 2.21. The van der Waals surface area contributed by atoms with Gasteiger partial charge in [-0.05, 0) is 37.6 Å². The van der Waals surface area contributed by atoms with E-state index in [9.17, 15) is 4.79 Å². The van der Waals surface area contributed by atoms with E-state index >= 15 is 0 Å². The van der Waals surface area contributed by atoms with E-state index < -0.39 is 0 Å². The van der Waals surface area contributed by atoms with Crippen LogP contribution in [0.4, 0.5) is 0 Å². The summed E-state index contributed by atoms with van der Waals surface area (Å²) in [4.78, 5) is 16.5. The van der Waals surface area contributed by atoms with Crippen molar-refractivity contribution < 1.29 is 9.21 Å². The number of amides is 1. The second kappa shape index (κ2) is 7.07. The zero-order valence-electron chi connectivity index (χ0n) is 12.1. The first-order valence-corrected chi connectivity index (χ1v) is 8.21. The lowest BCUT2D eigenvalue weighted by Crippen LogP contribution is -2.27. The molecule has 1 aliphatic rings. The Kier molecular flexibility index (Phi) is 4.90. The lowest BCUT2D eigenvalue weighted by Gasteiger charge is -2.19. The molecule has 5 nitrogen and oxygen atoms in total. The third-order valence-electron chi connectivity index (χ3n) is 3.84. The van der Waals surface area contributed by atoms with Crippen LogP contribution in [0.1, 0.15) is 40.7 Å². The van der Waals surface area contributed by atoms with Gasteiger partial charge in [-0.2, -0.15) is 0 Å². The van der Waals surface area contributed by atoms with Crippen LogP contribution >= 0.6 is 15.9 Å². The van der Waals surface area contributed by atoms with Gasteiger partial charge in [0.05, 0.1) is 0 Å². The Balaban J connectivity index is 1.61. The van der Waals surface area contributed by atoms with Gasteiger partial charge >= 0.3 is 0 Å². The molecule has 22 heavy (non-hydrogen) atoms. The lowest BCUT2D eigenvalue weighted by molar-refractivity contribution is 0.0946. The summed E-state index contributed by atoms with van der Waals surface area (Å²) >= 11 is 3.47. The molecule has 6 heteroatoms. The maximum atomic E-state index is 12.2. The van der Waals surface area contributed by atoms with Gasteiger partial charge < -0.3 is 15.1 Å². The molecule has 1 amide bonds. The highest BCUT2D eigenvalue weighted by molar-refractivity contribution is 9.10. The van der Waals surface area contributed by atoms with E-state index in [1.54, 1.807) is 0 Å². The van der Waals surface area contributed by atoms with Crippen LogP contribution in [-0.4, -0.2) is 24.0 Å². The van der Waals surface area contributed by atoms with Crippen LogP contribution in [-0.2, 0) is 6.54 Å². The minimum atomic E-state index is -0.209. The Labute approximate surface area is 137 Å². The molecule has 1 aromatic heterocycles. The SMILES string of the molecule is O=C(NCc1ccccc1Br)c1coc(C2CCNCC2)n1. The van der Waals surface area contributed by atoms with Gasteiger partial charge in [0.2, 0.25) is 0 Å². The van der Waals surface area contributed by atoms with Gasteiger partial charge in [-0.1, -0.05) is 34.1 Å². The maximum Gasteiger partial charge on any atom is 0.273 e. The molecular weight excluding hydrogens is 346 g/mol. The number of rotatable bonds is 4. The van der Waals surface area contributed by atoms with Crippen LogP contribution in [0.2, 0.25) is 0 Å². The average molecular weight is 364 g/mol. The van der Waals surface area contributed by atoms with Crippen molar-refractivity contribution in [2.75, 3.05) is 13.1 Å². The van der Waals surface area contributed by atoms with Crippen molar-refractivity contribution in [3.05, 3.63) is 52.1 Å². The van der Waals surface area contributed by atoms with Crippen molar-refractivity contribution in [2.45, 2.75) is 25.3 Å². The van der Waals surface area contributed by atoms with Crippen LogP contribution in [0.3, 0.4) is 0 Å². The molecule has 2 N–H and O–H groups in total. The van der Waals surface area contributed by atoms with E-state index in [4.69, 9.17) is 4.42 Å². The molecule has 0 aliphatic carbocycles. The van der Waals surface area contributed by atoms with Crippen molar-refractivity contribution in [3.8, 4) is 0 Å². The molecule has 1 fully saturated rings. The van der Waals surface area contributed by atoms with Crippen molar-refractivity contribution in [1.82, 2.24) is 15.6 Å². The molecule has 0 atom stereocenters. The molecule has 0 saturated carbocycles. The van der Waals surface area contributed by atoms with E-state index in [0.29, 0.717) is 24.0 Å². The summed E-state index contributed by atoms with van der Waals surface area (Å²) in [5.74, 6) is 0.776. The van der Waals surface area contributed by atoms with Crippen LogP contribution < -0.4 is 10.6 Å². The standard InChI is InChI=1S/C16H18BrN3O2/c17-13-4-2-1-3-12(13)9-19-15(21)14-10-22-16(20-14)11-5-7-18-8-6-11/h1-4,10-11,18H,5-9H2,(H,19,21). The number of halogens is 1. The normalized spacial score (nSPS) is 15.7. The fourth-order valence-corrected chi connectivity index (χ4v) is 2.98. The monoisotopic (exact) mass is 363 g/mol. The number of nitrogens with zero attached hydrogens (tertiary/aromatic N) is 1. The van der Waals surface area contributed by atoms with Gasteiger partial charge in [-0.25, -0.2) is 4.98 Å². The predicted octanol–water partition coefficient (Wildman–Crippen LogP) is 2.83. The minimum absolute atomic E-state index is 0.209. The molecular formula is C16H18BrN3O2. The van der Waals surface area contributed by atoms with Gasteiger partial charge in [0, 0.05) is 16.9 Å². The minimum Gasteiger partial charge on any atom is -0.448 e. The summed E-state index contributed by atoms with van der Waals surface area (Å²) in [6.07, 6.45) is 3.45. The van der Waals surface area contributed by atoms with Crippen molar-refractivity contribution >= 4 is 21.8 Å². The first-order valence-electron chi connectivity index (χ1n) is 7.42. The zero-order valence-corrected chi connectivity index (χ0v) is 13.7. The largest absolute Gasteiger partial charge is 0.448 e. The summed E-state index contributed by atoms with van der Waals surface area (Å²) in [5, 5.41) is 6.17. The Morgan fingerprint density at radius 1 is 1.36 bits per heavy atom. The van der Waals surface area contributed by atoms with Crippen LogP contribution in [0, 0.1) is 0 Å². The summed E-state index contributed by atoms with van der Waals surface area (Å²) in [7, 11) is 0. The number of piperidine rings is 1. The molecule has 0 unspecified atom stereocenters. The number of hydrogen-bond donors (Lipinski definition) is 2.